The predicted molar refractivity (Wildman–Crippen MR) is 131 cm³/mol. The quantitative estimate of drug-likeness (QED) is 0.260. The Morgan fingerprint density at radius 1 is 1.11 bits per heavy atom. The number of hydrogen-bond acceptors (Lipinski definition) is 9. The van der Waals surface area contributed by atoms with E-state index in [4.69, 9.17) is 19.2 Å². The van der Waals surface area contributed by atoms with Gasteiger partial charge in [0, 0.05) is 29.1 Å². The SMILES string of the molecule is CC[C@@]1(O)C(=O)OCc2c1cc1n(c2=O)Cc2c-1nc1cc3c(cc1c2CNCCCNC)OCO3. The van der Waals surface area contributed by atoms with E-state index in [9.17, 15) is 14.7 Å². The first-order chi connectivity index (χ1) is 17.5. The van der Waals surface area contributed by atoms with Crippen LogP contribution in [-0.2, 0) is 34.8 Å². The number of carbonyl (C=O) groups is 1. The van der Waals surface area contributed by atoms with E-state index in [1.165, 1.54) is 0 Å². The zero-order chi connectivity index (χ0) is 25.0. The number of pyridine rings is 2. The molecule has 0 spiro atoms. The van der Waals surface area contributed by atoms with Crippen LogP contribution < -0.4 is 25.7 Å². The van der Waals surface area contributed by atoms with Crippen LogP contribution >= 0.6 is 0 Å². The number of ether oxygens (including phenoxy) is 3. The normalized spacial score (nSPS) is 19.2. The Labute approximate surface area is 207 Å². The Bertz CT molecular complexity index is 1470. The number of nitrogens with one attached hydrogen (secondary N) is 2. The van der Waals surface area contributed by atoms with Crippen molar-refractivity contribution < 1.29 is 24.1 Å². The van der Waals surface area contributed by atoms with Crippen LogP contribution in [0.4, 0.5) is 0 Å². The third-order valence-corrected chi connectivity index (χ3v) is 7.38. The average molecular weight is 493 g/mol. The highest BCUT2D eigenvalue weighted by molar-refractivity contribution is 5.91. The summed E-state index contributed by atoms with van der Waals surface area (Å²) in [6, 6.07) is 5.55. The van der Waals surface area contributed by atoms with Gasteiger partial charge in [-0.3, -0.25) is 4.79 Å². The van der Waals surface area contributed by atoms with Gasteiger partial charge in [-0.2, -0.15) is 0 Å². The highest BCUT2D eigenvalue weighted by Gasteiger charge is 2.45. The van der Waals surface area contributed by atoms with Gasteiger partial charge in [-0.1, -0.05) is 6.92 Å². The minimum Gasteiger partial charge on any atom is -0.458 e. The van der Waals surface area contributed by atoms with Gasteiger partial charge in [0.1, 0.15) is 6.61 Å². The van der Waals surface area contributed by atoms with E-state index in [0.29, 0.717) is 47.1 Å². The van der Waals surface area contributed by atoms with Gasteiger partial charge in [0.05, 0.1) is 29.0 Å². The summed E-state index contributed by atoms with van der Waals surface area (Å²) in [5.41, 5.74) is 2.46. The van der Waals surface area contributed by atoms with E-state index in [1.807, 2.05) is 19.2 Å². The van der Waals surface area contributed by atoms with Gasteiger partial charge >= 0.3 is 5.97 Å². The van der Waals surface area contributed by atoms with Crippen LogP contribution in [0.3, 0.4) is 0 Å². The maximum Gasteiger partial charge on any atom is 0.343 e. The van der Waals surface area contributed by atoms with Gasteiger partial charge in [0.15, 0.2) is 17.1 Å². The molecule has 0 amide bonds. The van der Waals surface area contributed by atoms with Crippen LogP contribution in [0.1, 0.15) is 42.0 Å². The number of carbonyl (C=O) groups excluding carboxylic acids is 1. The highest BCUT2D eigenvalue weighted by atomic mass is 16.7. The van der Waals surface area contributed by atoms with E-state index in [0.717, 1.165) is 41.5 Å². The molecule has 0 saturated heterocycles. The lowest BCUT2D eigenvalue weighted by atomic mass is 9.86. The molecule has 1 aromatic carbocycles. The molecule has 0 unspecified atom stereocenters. The molecule has 10 heteroatoms. The third kappa shape index (κ3) is 3.32. The number of cyclic esters (lactones) is 1. The first-order valence-electron chi connectivity index (χ1n) is 12.2. The number of aromatic nitrogens is 2. The fourth-order valence-electron chi connectivity index (χ4n) is 5.36. The number of benzene rings is 1. The second-order valence-electron chi connectivity index (χ2n) is 9.38. The second-order valence-corrected chi connectivity index (χ2v) is 9.38. The van der Waals surface area contributed by atoms with Crippen molar-refractivity contribution in [2.45, 2.75) is 45.1 Å². The zero-order valence-corrected chi connectivity index (χ0v) is 20.3. The molecule has 188 valence electrons. The Morgan fingerprint density at radius 3 is 2.69 bits per heavy atom. The molecule has 2 aromatic heterocycles. The number of esters is 1. The van der Waals surface area contributed by atoms with Gasteiger partial charge in [-0.25, -0.2) is 9.78 Å². The van der Waals surface area contributed by atoms with E-state index in [1.54, 1.807) is 17.6 Å². The Morgan fingerprint density at radius 2 is 1.92 bits per heavy atom. The minimum absolute atomic E-state index is 0.102. The fraction of sp³-hybridized carbons (Fsp3) is 0.423. The van der Waals surface area contributed by atoms with Crippen molar-refractivity contribution in [2.24, 2.45) is 0 Å². The first-order valence-corrected chi connectivity index (χ1v) is 12.2. The van der Waals surface area contributed by atoms with Crippen LogP contribution in [0.25, 0.3) is 22.3 Å². The molecule has 3 aromatic rings. The van der Waals surface area contributed by atoms with Crippen molar-refractivity contribution >= 4 is 16.9 Å². The number of fused-ring (bicyclic) bond motifs is 6. The maximum absolute atomic E-state index is 13.6. The molecule has 0 bridgehead atoms. The summed E-state index contributed by atoms with van der Waals surface area (Å²) in [4.78, 5) is 31.0. The Hall–Kier alpha value is -3.47. The molecule has 0 fully saturated rings. The highest BCUT2D eigenvalue weighted by Crippen LogP contribution is 2.43. The second kappa shape index (κ2) is 8.58. The summed E-state index contributed by atoms with van der Waals surface area (Å²) in [5, 5.41) is 18.7. The molecule has 36 heavy (non-hydrogen) atoms. The summed E-state index contributed by atoms with van der Waals surface area (Å²) in [5.74, 6) is 0.574. The average Bonchev–Trinajstić information content (AvgIpc) is 3.49. The minimum atomic E-state index is -1.86. The number of hydrogen-bond donors (Lipinski definition) is 3. The molecule has 5 heterocycles. The molecular formula is C26H28N4O6. The van der Waals surface area contributed by atoms with Crippen LogP contribution in [0.15, 0.2) is 23.0 Å². The smallest absolute Gasteiger partial charge is 0.343 e. The van der Waals surface area contributed by atoms with Crippen molar-refractivity contribution in [3.05, 3.63) is 50.8 Å². The van der Waals surface area contributed by atoms with Gasteiger partial charge < -0.3 is 34.5 Å². The molecule has 0 aliphatic carbocycles. The van der Waals surface area contributed by atoms with Crippen molar-refractivity contribution in [3.63, 3.8) is 0 Å². The van der Waals surface area contributed by atoms with Crippen LogP contribution in [0, 0.1) is 0 Å². The molecule has 3 aliphatic heterocycles. The van der Waals surface area contributed by atoms with Crippen molar-refractivity contribution in [2.75, 3.05) is 26.9 Å². The molecule has 10 nitrogen and oxygen atoms in total. The molecule has 6 rings (SSSR count). The lowest BCUT2D eigenvalue weighted by molar-refractivity contribution is -0.172. The van der Waals surface area contributed by atoms with Crippen LogP contribution in [0.2, 0.25) is 0 Å². The monoisotopic (exact) mass is 492 g/mol. The molecule has 0 saturated carbocycles. The summed E-state index contributed by atoms with van der Waals surface area (Å²) >= 11 is 0. The predicted octanol–water partition coefficient (Wildman–Crippen LogP) is 1.51. The van der Waals surface area contributed by atoms with Gasteiger partial charge in [-0.05, 0) is 50.7 Å². The molecule has 3 N–H and O–H groups in total. The Balaban J connectivity index is 1.53. The zero-order valence-electron chi connectivity index (χ0n) is 20.3. The molecular weight excluding hydrogens is 464 g/mol. The number of rotatable bonds is 7. The summed E-state index contributed by atoms with van der Waals surface area (Å²) in [6.07, 6.45) is 1.08. The summed E-state index contributed by atoms with van der Waals surface area (Å²) in [6.45, 7) is 4.39. The lowest BCUT2D eigenvalue weighted by Crippen LogP contribution is -2.44. The molecule has 3 aliphatic rings. The van der Waals surface area contributed by atoms with E-state index >= 15 is 0 Å². The molecule has 1 atom stereocenters. The van der Waals surface area contributed by atoms with Crippen LogP contribution in [-0.4, -0.2) is 47.6 Å². The largest absolute Gasteiger partial charge is 0.458 e. The maximum atomic E-state index is 13.6. The first kappa shape index (κ1) is 23.0. The van der Waals surface area contributed by atoms with Crippen molar-refractivity contribution in [1.82, 2.24) is 20.2 Å². The van der Waals surface area contributed by atoms with Crippen LogP contribution in [0.5, 0.6) is 11.5 Å². The van der Waals surface area contributed by atoms with Crippen molar-refractivity contribution in [3.8, 4) is 22.9 Å². The van der Waals surface area contributed by atoms with Gasteiger partial charge in [0.25, 0.3) is 5.56 Å². The number of nitrogens with zero attached hydrogens (tertiary/aromatic N) is 2. The van der Waals surface area contributed by atoms with E-state index in [-0.39, 0.29) is 25.4 Å². The van der Waals surface area contributed by atoms with E-state index in [2.05, 4.69) is 10.6 Å². The van der Waals surface area contributed by atoms with Gasteiger partial charge in [-0.15, -0.1) is 0 Å². The van der Waals surface area contributed by atoms with Gasteiger partial charge in [0.2, 0.25) is 6.79 Å². The fourth-order valence-corrected chi connectivity index (χ4v) is 5.36. The molecule has 0 radical (unpaired) electrons. The third-order valence-electron chi connectivity index (χ3n) is 7.38. The summed E-state index contributed by atoms with van der Waals surface area (Å²) in [7, 11) is 1.93. The van der Waals surface area contributed by atoms with E-state index < -0.39 is 11.6 Å². The number of aliphatic hydroxyl groups is 1. The van der Waals surface area contributed by atoms with Crippen molar-refractivity contribution in [1.29, 1.82) is 0 Å². The Kier molecular flexibility index (Phi) is 5.47. The lowest BCUT2D eigenvalue weighted by Gasteiger charge is -2.31. The topological polar surface area (TPSA) is 124 Å². The standard InChI is InChI=1S/C26H28N4O6/c1-3-26(33)18-8-20-23-16(11-30(20)24(31)17(18)12-34-25(26)32)15(10-28-6-4-5-27-2)14-7-21-22(36-13-35-21)9-19(14)29-23/h7-9,27-28,33H,3-6,10-13H2,1-2H3/t26-/m0/s1. The summed E-state index contributed by atoms with van der Waals surface area (Å²) < 4.78 is 18.1.